The Morgan fingerprint density at radius 2 is 2.42 bits per heavy atom. The molecule has 0 aromatic heterocycles. The number of hydrogen-bond acceptors (Lipinski definition) is 3. The van der Waals surface area contributed by atoms with Crippen LogP contribution < -0.4 is 0 Å². The van der Waals surface area contributed by atoms with E-state index >= 15 is 0 Å². The SMILES string of the molecule is CCC1(N=C=S)C=CC=CC1O. The van der Waals surface area contributed by atoms with E-state index in [1.165, 1.54) is 0 Å². The van der Waals surface area contributed by atoms with Gasteiger partial charge >= 0.3 is 0 Å². The molecule has 1 N–H and O–H groups in total. The highest BCUT2D eigenvalue weighted by Crippen LogP contribution is 2.25. The molecule has 0 fully saturated rings. The van der Waals surface area contributed by atoms with Gasteiger partial charge in [0.1, 0.15) is 11.6 Å². The third kappa shape index (κ3) is 1.53. The molecular formula is C9H11NOS. The van der Waals surface area contributed by atoms with E-state index < -0.39 is 11.6 Å². The summed E-state index contributed by atoms with van der Waals surface area (Å²) in [5, 5.41) is 12.0. The summed E-state index contributed by atoms with van der Waals surface area (Å²) in [5.74, 6) is 0. The van der Waals surface area contributed by atoms with Crippen molar-refractivity contribution < 1.29 is 5.11 Å². The number of hydrogen-bond donors (Lipinski definition) is 1. The van der Waals surface area contributed by atoms with E-state index in [0.29, 0.717) is 0 Å². The summed E-state index contributed by atoms with van der Waals surface area (Å²) in [6.45, 7) is 1.96. The Hall–Kier alpha value is -0.760. The van der Waals surface area contributed by atoms with Crippen molar-refractivity contribution in [3.8, 4) is 0 Å². The molecule has 0 aliphatic heterocycles. The van der Waals surface area contributed by atoms with Crippen molar-refractivity contribution in [3.05, 3.63) is 24.3 Å². The van der Waals surface area contributed by atoms with Crippen molar-refractivity contribution in [2.75, 3.05) is 0 Å². The number of nitrogens with zero attached hydrogens (tertiary/aromatic N) is 1. The van der Waals surface area contributed by atoms with Crippen LogP contribution in [0.1, 0.15) is 13.3 Å². The zero-order chi connectivity index (χ0) is 9.03. The minimum absolute atomic E-state index is 0.573. The molecule has 0 amide bonds. The first-order chi connectivity index (χ1) is 5.75. The van der Waals surface area contributed by atoms with Gasteiger partial charge in [-0.15, -0.1) is 0 Å². The fourth-order valence-electron chi connectivity index (χ4n) is 1.25. The number of allylic oxidation sites excluding steroid dienone is 2. The van der Waals surface area contributed by atoms with Crippen LogP contribution in [0.3, 0.4) is 0 Å². The second-order valence-electron chi connectivity index (χ2n) is 2.74. The van der Waals surface area contributed by atoms with Crippen molar-refractivity contribution >= 4 is 17.4 Å². The fourth-order valence-corrected chi connectivity index (χ4v) is 1.42. The van der Waals surface area contributed by atoms with Crippen LogP contribution >= 0.6 is 12.2 Å². The Balaban J connectivity index is 2.99. The Morgan fingerprint density at radius 3 is 2.92 bits per heavy atom. The van der Waals surface area contributed by atoms with Crippen molar-refractivity contribution in [2.24, 2.45) is 4.99 Å². The molecule has 0 bridgehead atoms. The fraction of sp³-hybridized carbons (Fsp3) is 0.444. The predicted octanol–water partition coefficient (Wildman–Crippen LogP) is 1.72. The largest absolute Gasteiger partial charge is 0.386 e. The quantitative estimate of drug-likeness (QED) is 0.519. The van der Waals surface area contributed by atoms with Gasteiger partial charge in [0, 0.05) is 0 Å². The molecule has 2 unspecified atom stereocenters. The van der Waals surface area contributed by atoms with Gasteiger partial charge in [-0.2, -0.15) is 0 Å². The third-order valence-corrected chi connectivity index (χ3v) is 2.21. The van der Waals surface area contributed by atoms with Gasteiger partial charge in [0.15, 0.2) is 0 Å². The molecule has 0 aromatic rings. The number of isothiocyanates is 1. The second-order valence-corrected chi connectivity index (χ2v) is 2.92. The van der Waals surface area contributed by atoms with Gasteiger partial charge in [0.05, 0.1) is 5.16 Å². The van der Waals surface area contributed by atoms with Gasteiger partial charge in [-0.3, -0.25) is 0 Å². The number of aliphatic imine (C=N–C) groups is 1. The first-order valence-electron chi connectivity index (χ1n) is 3.88. The molecule has 2 atom stereocenters. The number of aliphatic hydroxyl groups excluding tert-OH is 1. The molecule has 2 nitrogen and oxygen atoms in total. The summed E-state index contributed by atoms with van der Waals surface area (Å²) in [6.07, 6.45) is 7.38. The Labute approximate surface area is 77.3 Å². The van der Waals surface area contributed by atoms with Crippen LogP contribution in [0.4, 0.5) is 0 Å². The highest BCUT2D eigenvalue weighted by Gasteiger charge is 2.32. The lowest BCUT2D eigenvalue weighted by atomic mass is 9.87. The molecule has 1 aliphatic carbocycles. The van der Waals surface area contributed by atoms with E-state index in [2.05, 4.69) is 22.4 Å². The third-order valence-electron chi connectivity index (χ3n) is 2.12. The lowest BCUT2D eigenvalue weighted by molar-refractivity contribution is 0.151. The molecule has 1 aliphatic rings. The average molecular weight is 181 g/mol. The van der Waals surface area contributed by atoms with Crippen LogP contribution in [-0.2, 0) is 0 Å². The lowest BCUT2D eigenvalue weighted by Gasteiger charge is -2.28. The van der Waals surface area contributed by atoms with E-state index in [0.717, 1.165) is 6.42 Å². The van der Waals surface area contributed by atoms with Crippen molar-refractivity contribution in [1.29, 1.82) is 0 Å². The molecule has 0 spiro atoms. The highest BCUT2D eigenvalue weighted by molar-refractivity contribution is 7.78. The van der Waals surface area contributed by atoms with Crippen LogP contribution in [0.15, 0.2) is 29.3 Å². The monoisotopic (exact) mass is 181 g/mol. The van der Waals surface area contributed by atoms with E-state index in [9.17, 15) is 5.11 Å². The molecule has 12 heavy (non-hydrogen) atoms. The summed E-state index contributed by atoms with van der Waals surface area (Å²) in [7, 11) is 0. The Kier molecular flexibility index (Phi) is 2.93. The Morgan fingerprint density at radius 1 is 1.67 bits per heavy atom. The van der Waals surface area contributed by atoms with Crippen molar-refractivity contribution in [2.45, 2.75) is 25.0 Å². The van der Waals surface area contributed by atoms with Gasteiger partial charge in [-0.1, -0.05) is 31.2 Å². The molecule has 64 valence electrons. The van der Waals surface area contributed by atoms with E-state index in [1.54, 1.807) is 12.2 Å². The second kappa shape index (κ2) is 3.76. The highest BCUT2D eigenvalue weighted by atomic mass is 32.1. The van der Waals surface area contributed by atoms with Crippen molar-refractivity contribution in [3.63, 3.8) is 0 Å². The van der Waals surface area contributed by atoms with Crippen LogP contribution in [0.25, 0.3) is 0 Å². The molecule has 0 radical (unpaired) electrons. The zero-order valence-electron chi connectivity index (χ0n) is 6.90. The minimum Gasteiger partial charge on any atom is -0.386 e. The average Bonchev–Trinajstić information content (AvgIpc) is 2.10. The number of thiocarbonyl (C=S) groups is 1. The predicted molar refractivity (Wildman–Crippen MR) is 52.3 cm³/mol. The maximum absolute atomic E-state index is 9.63. The number of aliphatic hydroxyl groups is 1. The molecule has 0 saturated heterocycles. The summed E-state index contributed by atoms with van der Waals surface area (Å²) in [4.78, 5) is 3.99. The van der Waals surface area contributed by atoms with Gasteiger partial charge in [0.2, 0.25) is 0 Å². The van der Waals surface area contributed by atoms with Crippen LogP contribution in [0.5, 0.6) is 0 Å². The number of rotatable bonds is 2. The Bertz CT molecular complexity index is 266. The molecule has 1 rings (SSSR count). The molecule has 3 heteroatoms. The van der Waals surface area contributed by atoms with Gasteiger partial charge in [-0.05, 0) is 18.6 Å². The first kappa shape index (κ1) is 9.33. The summed E-state index contributed by atoms with van der Waals surface area (Å²) in [6, 6.07) is 0. The van der Waals surface area contributed by atoms with Crippen LogP contribution in [0, 0.1) is 0 Å². The first-order valence-corrected chi connectivity index (χ1v) is 4.29. The molecule has 0 heterocycles. The summed E-state index contributed by atoms with van der Waals surface area (Å²) < 4.78 is 0. The minimum atomic E-state index is -0.581. The topological polar surface area (TPSA) is 32.6 Å². The van der Waals surface area contributed by atoms with Crippen LogP contribution in [-0.4, -0.2) is 21.9 Å². The van der Waals surface area contributed by atoms with Crippen molar-refractivity contribution in [1.82, 2.24) is 0 Å². The smallest absolute Gasteiger partial charge is 0.118 e. The summed E-state index contributed by atoms with van der Waals surface area (Å²) >= 11 is 4.54. The van der Waals surface area contributed by atoms with E-state index in [4.69, 9.17) is 0 Å². The van der Waals surface area contributed by atoms with Gasteiger partial charge in [-0.25, -0.2) is 4.99 Å². The lowest BCUT2D eigenvalue weighted by Crippen LogP contribution is -2.37. The molecular weight excluding hydrogens is 170 g/mol. The molecule has 0 saturated carbocycles. The normalized spacial score (nSPS) is 33.0. The maximum atomic E-state index is 9.63. The van der Waals surface area contributed by atoms with E-state index in [1.807, 2.05) is 19.1 Å². The van der Waals surface area contributed by atoms with Gasteiger partial charge in [0.25, 0.3) is 0 Å². The van der Waals surface area contributed by atoms with Crippen LogP contribution in [0.2, 0.25) is 0 Å². The standard InChI is InChI=1S/C9H11NOS/c1-2-9(10-7-12)6-4-3-5-8(9)11/h3-6,8,11H,2H2,1H3. The van der Waals surface area contributed by atoms with E-state index in [-0.39, 0.29) is 0 Å². The maximum Gasteiger partial charge on any atom is 0.118 e. The summed E-state index contributed by atoms with van der Waals surface area (Å²) in [5.41, 5.74) is -0.573. The molecule has 0 aromatic carbocycles. The van der Waals surface area contributed by atoms with Gasteiger partial charge < -0.3 is 5.11 Å². The zero-order valence-corrected chi connectivity index (χ0v) is 7.71.